The molecule has 4 heteroatoms. The van der Waals surface area contributed by atoms with Crippen molar-refractivity contribution in [3.05, 3.63) is 18.0 Å². The Kier molecular flexibility index (Phi) is 4.18. The van der Waals surface area contributed by atoms with Crippen LogP contribution in [0.2, 0.25) is 0 Å². The third-order valence-electron chi connectivity index (χ3n) is 3.13. The quantitative estimate of drug-likeness (QED) is 0.781. The fourth-order valence-corrected chi connectivity index (χ4v) is 1.85. The monoisotopic (exact) mass is 236 g/mol. The van der Waals surface area contributed by atoms with Crippen molar-refractivity contribution in [2.75, 3.05) is 20.1 Å². The van der Waals surface area contributed by atoms with E-state index >= 15 is 0 Å². The summed E-state index contributed by atoms with van der Waals surface area (Å²) in [5.74, 6) is 0. The molecule has 0 atom stereocenters. The van der Waals surface area contributed by atoms with Gasteiger partial charge in [-0.1, -0.05) is 0 Å². The van der Waals surface area contributed by atoms with E-state index in [1.54, 1.807) is 0 Å². The van der Waals surface area contributed by atoms with Gasteiger partial charge in [-0.25, -0.2) is 0 Å². The Labute approximate surface area is 104 Å². The summed E-state index contributed by atoms with van der Waals surface area (Å²) >= 11 is 0. The summed E-state index contributed by atoms with van der Waals surface area (Å²) in [7, 11) is 2.16. The Balaban J connectivity index is 1.70. The minimum atomic E-state index is 0.450. The van der Waals surface area contributed by atoms with Crippen LogP contribution in [-0.2, 0) is 6.54 Å². The molecule has 2 rings (SSSR count). The van der Waals surface area contributed by atoms with Crippen molar-refractivity contribution in [2.45, 2.75) is 45.3 Å². The molecule has 1 aromatic heterocycles. The molecule has 1 fully saturated rings. The molecule has 1 aromatic rings. The number of aromatic nitrogens is 2. The average Bonchev–Trinajstić information content (AvgIpc) is 2.96. The third-order valence-corrected chi connectivity index (χ3v) is 3.13. The average molecular weight is 236 g/mol. The van der Waals surface area contributed by atoms with E-state index in [0.717, 1.165) is 31.4 Å². The van der Waals surface area contributed by atoms with Crippen LogP contribution in [0.25, 0.3) is 0 Å². The Morgan fingerprint density at radius 3 is 2.88 bits per heavy atom. The molecule has 0 amide bonds. The minimum Gasteiger partial charge on any atom is -0.313 e. The molecule has 96 valence electrons. The van der Waals surface area contributed by atoms with Gasteiger partial charge in [0, 0.05) is 37.9 Å². The molecular weight excluding hydrogens is 212 g/mol. The molecule has 0 aromatic carbocycles. The van der Waals surface area contributed by atoms with E-state index < -0.39 is 0 Å². The van der Waals surface area contributed by atoms with Gasteiger partial charge in [0.15, 0.2) is 0 Å². The first-order chi connectivity index (χ1) is 8.15. The summed E-state index contributed by atoms with van der Waals surface area (Å²) in [4.78, 5) is 2.32. The van der Waals surface area contributed by atoms with E-state index in [0.29, 0.717) is 6.04 Å². The molecule has 1 saturated carbocycles. The number of hydrogen-bond donors (Lipinski definition) is 1. The third kappa shape index (κ3) is 4.13. The van der Waals surface area contributed by atoms with Crippen molar-refractivity contribution in [2.24, 2.45) is 0 Å². The van der Waals surface area contributed by atoms with Crippen LogP contribution in [0.5, 0.6) is 0 Å². The highest BCUT2D eigenvalue weighted by Gasteiger charge is 2.19. The zero-order chi connectivity index (χ0) is 12.3. The predicted octanol–water partition coefficient (Wildman–Crippen LogP) is 1.65. The van der Waals surface area contributed by atoms with Gasteiger partial charge in [-0.2, -0.15) is 5.10 Å². The molecule has 1 N–H and O–H groups in total. The van der Waals surface area contributed by atoms with Gasteiger partial charge in [0.2, 0.25) is 0 Å². The van der Waals surface area contributed by atoms with Crippen molar-refractivity contribution in [3.8, 4) is 0 Å². The van der Waals surface area contributed by atoms with Crippen molar-refractivity contribution in [1.29, 1.82) is 0 Å². The van der Waals surface area contributed by atoms with Crippen LogP contribution in [-0.4, -0.2) is 40.9 Å². The Hall–Kier alpha value is -0.870. The van der Waals surface area contributed by atoms with E-state index in [1.807, 2.05) is 4.68 Å². The zero-order valence-electron chi connectivity index (χ0n) is 11.2. The van der Waals surface area contributed by atoms with E-state index in [4.69, 9.17) is 0 Å². The second kappa shape index (κ2) is 5.65. The van der Waals surface area contributed by atoms with Crippen LogP contribution in [0, 0.1) is 0 Å². The van der Waals surface area contributed by atoms with Gasteiger partial charge < -0.3 is 5.32 Å². The largest absolute Gasteiger partial charge is 0.313 e. The fourth-order valence-electron chi connectivity index (χ4n) is 1.85. The van der Waals surface area contributed by atoms with E-state index in [2.05, 4.69) is 48.5 Å². The van der Waals surface area contributed by atoms with E-state index in [-0.39, 0.29) is 0 Å². The van der Waals surface area contributed by atoms with Gasteiger partial charge in [0.05, 0.1) is 5.69 Å². The fraction of sp³-hybridized carbons (Fsp3) is 0.769. The standard InChI is InChI=1S/C13H24N4/c1-11(2)17-8-6-13(15-17)10-16(3)9-7-14-12-4-5-12/h6,8,11-12,14H,4-5,7,9-10H2,1-3H3. The Bertz CT molecular complexity index is 341. The van der Waals surface area contributed by atoms with Crippen LogP contribution in [0.15, 0.2) is 12.3 Å². The van der Waals surface area contributed by atoms with Crippen molar-refractivity contribution in [1.82, 2.24) is 20.0 Å². The van der Waals surface area contributed by atoms with E-state index in [9.17, 15) is 0 Å². The van der Waals surface area contributed by atoms with E-state index in [1.165, 1.54) is 12.8 Å². The topological polar surface area (TPSA) is 33.1 Å². The lowest BCUT2D eigenvalue weighted by Crippen LogP contribution is -2.30. The summed E-state index contributed by atoms with van der Waals surface area (Å²) in [5.41, 5.74) is 1.16. The second-order valence-electron chi connectivity index (χ2n) is 5.35. The lowest BCUT2D eigenvalue weighted by Gasteiger charge is -2.15. The lowest BCUT2D eigenvalue weighted by atomic mass is 10.4. The van der Waals surface area contributed by atoms with Gasteiger partial charge in [-0.15, -0.1) is 0 Å². The number of rotatable bonds is 7. The summed E-state index contributed by atoms with van der Waals surface area (Å²) in [6.45, 7) is 7.42. The summed E-state index contributed by atoms with van der Waals surface area (Å²) in [5, 5.41) is 8.09. The summed E-state index contributed by atoms with van der Waals surface area (Å²) in [6.07, 6.45) is 4.79. The van der Waals surface area contributed by atoms with Crippen LogP contribution >= 0.6 is 0 Å². The van der Waals surface area contributed by atoms with Gasteiger partial charge in [0.1, 0.15) is 0 Å². The number of nitrogens with zero attached hydrogens (tertiary/aromatic N) is 3. The highest BCUT2D eigenvalue weighted by molar-refractivity contribution is 4.99. The van der Waals surface area contributed by atoms with Crippen LogP contribution in [0.4, 0.5) is 0 Å². The molecule has 1 heterocycles. The molecule has 17 heavy (non-hydrogen) atoms. The SMILES string of the molecule is CC(C)n1ccc(CN(C)CCNC2CC2)n1. The predicted molar refractivity (Wildman–Crippen MR) is 70.0 cm³/mol. The second-order valence-corrected chi connectivity index (χ2v) is 5.35. The van der Waals surface area contributed by atoms with Crippen LogP contribution in [0.3, 0.4) is 0 Å². The highest BCUT2D eigenvalue weighted by Crippen LogP contribution is 2.18. The van der Waals surface area contributed by atoms with Crippen molar-refractivity contribution >= 4 is 0 Å². The molecule has 0 spiro atoms. The van der Waals surface area contributed by atoms with Gasteiger partial charge >= 0.3 is 0 Å². The molecule has 0 radical (unpaired) electrons. The first-order valence-corrected chi connectivity index (χ1v) is 6.61. The Morgan fingerprint density at radius 1 is 1.53 bits per heavy atom. The minimum absolute atomic E-state index is 0.450. The number of hydrogen-bond acceptors (Lipinski definition) is 3. The Morgan fingerprint density at radius 2 is 2.29 bits per heavy atom. The molecule has 0 aliphatic heterocycles. The number of nitrogens with one attached hydrogen (secondary N) is 1. The zero-order valence-corrected chi connectivity index (χ0v) is 11.2. The maximum absolute atomic E-state index is 4.56. The smallest absolute Gasteiger partial charge is 0.0764 e. The van der Waals surface area contributed by atoms with Crippen molar-refractivity contribution < 1.29 is 0 Å². The molecule has 0 saturated heterocycles. The van der Waals surface area contributed by atoms with Gasteiger partial charge in [0.25, 0.3) is 0 Å². The highest BCUT2D eigenvalue weighted by atomic mass is 15.3. The number of likely N-dealkylation sites (N-methyl/N-ethyl adjacent to an activating group) is 1. The maximum Gasteiger partial charge on any atom is 0.0764 e. The molecule has 0 bridgehead atoms. The van der Waals surface area contributed by atoms with Crippen LogP contribution in [0.1, 0.15) is 38.4 Å². The molecular formula is C13H24N4. The normalized spacial score (nSPS) is 16.1. The molecule has 1 aliphatic rings. The molecule has 1 aliphatic carbocycles. The lowest BCUT2D eigenvalue weighted by molar-refractivity contribution is 0.318. The first-order valence-electron chi connectivity index (χ1n) is 6.61. The summed E-state index contributed by atoms with van der Waals surface area (Å²) < 4.78 is 2.02. The molecule has 4 nitrogen and oxygen atoms in total. The summed E-state index contributed by atoms with van der Waals surface area (Å²) in [6, 6.07) is 3.37. The molecule has 0 unspecified atom stereocenters. The maximum atomic E-state index is 4.56. The van der Waals surface area contributed by atoms with Gasteiger partial charge in [-0.05, 0) is 39.8 Å². The van der Waals surface area contributed by atoms with Gasteiger partial charge in [-0.3, -0.25) is 9.58 Å². The van der Waals surface area contributed by atoms with Crippen molar-refractivity contribution in [3.63, 3.8) is 0 Å². The first kappa shape index (κ1) is 12.6. The van der Waals surface area contributed by atoms with Crippen LogP contribution < -0.4 is 5.32 Å².